The van der Waals surface area contributed by atoms with Crippen molar-refractivity contribution >= 4 is 43.3 Å². The topological polar surface area (TPSA) is 57.5 Å². The highest BCUT2D eigenvalue weighted by Gasteiger charge is 2.12. The van der Waals surface area contributed by atoms with E-state index in [4.69, 9.17) is 5.11 Å². The van der Waals surface area contributed by atoms with Gasteiger partial charge in [0.1, 0.15) is 0 Å². The minimum absolute atomic E-state index is 0.126. The van der Waals surface area contributed by atoms with Gasteiger partial charge in [0, 0.05) is 4.47 Å². The van der Waals surface area contributed by atoms with Gasteiger partial charge in [-0.3, -0.25) is 0 Å². The number of carboxylic acid groups (broad SMARTS) is 1. The van der Waals surface area contributed by atoms with Crippen molar-refractivity contribution in [1.29, 1.82) is 0 Å². The zero-order chi connectivity index (χ0) is 10.3. The number of aromatic carboxylic acids is 1. The van der Waals surface area contributed by atoms with Crippen LogP contribution in [0.4, 0.5) is 0 Å². The van der Waals surface area contributed by atoms with Crippen LogP contribution in [0.5, 0.6) is 5.06 Å². The van der Waals surface area contributed by atoms with Gasteiger partial charge in [-0.25, -0.2) is 4.79 Å². The zero-order valence-electron chi connectivity index (χ0n) is 6.82. The van der Waals surface area contributed by atoms with E-state index in [9.17, 15) is 9.90 Å². The van der Waals surface area contributed by atoms with Crippen molar-refractivity contribution in [3.63, 3.8) is 0 Å². The third-order valence-electron chi connectivity index (χ3n) is 1.80. The normalized spacial score (nSPS) is 10.6. The lowest BCUT2D eigenvalue weighted by molar-refractivity contribution is 0.0699. The fourth-order valence-corrected chi connectivity index (χ4v) is 2.62. The third-order valence-corrected chi connectivity index (χ3v) is 3.24. The number of fused-ring (bicyclic) bond motifs is 1. The van der Waals surface area contributed by atoms with Crippen molar-refractivity contribution in [3.8, 4) is 5.06 Å². The minimum Gasteiger partial charge on any atom is -0.499 e. The van der Waals surface area contributed by atoms with Gasteiger partial charge in [0.2, 0.25) is 0 Å². The quantitative estimate of drug-likeness (QED) is 0.839. The van der Waals surface area contributed by atoms with Crippen LogP contribution in [0, 0.1) is 0 Å². The molecule has 0 aliphatic heterocycles. The number of benzene rings is 1. The Kier molecular flexibility index (Phi) is 2.20. The summed E-state index contributed by atoms with van der Waals surface area (Å²) in [6.45, 7) is 0. The molecule has 3 nitrogen and oxygen atoms in total. The third kappa shape index (κ3) is 1.49. The van der Waals surface area contributed by atoms with Crippen LogP contribution in [0.25, 0.3) is 10.1 Å². The summed E-state index contributed by atoms with van der Waals surface area (Å²) >= 11 is 4.29. The van der Waals surface area contributed by atoms with Gasteiger partial charge in [-0.2, -0.15) is 0 Å². The van der Waals surface area contributed by atoms with Crippen LogP contribution in [-0.4, -0.2) is 16.2 Å². The van der Waals surface area contributed by atoms with E-state index in [1.165, 1.54) is 6.07 Å². The molecule has 0 atom stereocenters. The summed E-state index contributed by atoms with van der Waals surface area (Å²) in [5, 5.41) is 19.0. The van der Waals surface area contributed by atoms with Gasteiger partial charge in [-0.05, 0) is 23.6 Å². The average molecular weight is 273 g/mol. The number of aromatic hydroxyl groups is 1. The molecule has 72 valence electrons. The highest BCUT2D eigenvalue weighted by atomic mass is 79.9. The van der Waals surface area contributed by atoms with E-state index in [2.05, 4.69) is 15.9 Å². The molecule has 2 N–H and O–H groups in total. The van der Waals surface area contributed by atoms with Gasteiger partial charge < -0.3 is 10.2 Å². The fourth-order valence-electron chi connectivity index (χ4n) is 1.26. The Morgan fingerprint density at radius 3 is 2.71 bits per heavy atom. The van der Waals surface area contributed by atoms with Crippen molar-refractivity contribution in [3.05, 3.63) is 28.2 Å². The Morgan fingerprint density at radius 1 is 1.36 bits per heavy atom. The van der Waals surface area contributed by atoms with Crippen LogP contribution in [-0.2, 0) is 0 Å². The first-order chi connectivity index (χ1) is 6.58. The summed E-state index contributed by atoms with van der Waals surface area (Å²) < 4.78 is 1.29. The van der Waals surface area contributed by atoms with Crippen molar-refractivity contribution in [2.24, 2.45) is 0 Å². The first-order valence-corrected chi connectivity index (χ1v) is 5.34. The number of carboxylic acids is 1. The first-order valence-electron chi connectivity index (χ1n) is 3.73. The van der Waals surface area contributed by atoms with Gasteiger partial charge in [0.15, 0.2) is 5.06 Å². The summed E-state index contributed by atoms with van der Waals surface area (Å²) in [5.74, 6) is -0.988. The molecule has 0 spiro atoms. The van der Waals surface area contributed by atoms with Crippen molar-refractivity contribution < 1.29 is 15.0 Å². The van der Waals surface area contributed by atoms with Crippen LogP contribution < -0.4 is 0 Å². The lowest BCUT2D eigenvalue weighted by Crippen LogP contribution is -1.95. The van der Waals surface area contributed by atoms with Crippen molar-refractivity contribution in [2.45, 2.75) is 0 Å². The Balaban J connectivity index is 2.85. The van der Waals surface area contributed by atoms with Crippen molar-refractivity contribution in [2.75, 3.05) is 0 Å². The molecular formula is C9H5BrO3S. The number of carbonyl (C=O) groups is 1. The van der Waals surface area contributed by atoms with Crippen molar-refractivity contribution in [1.82, 2.24) is 0 Å². The molecule has 0 aliphatic rings. The maximum absolute atomic E-state index is 10.9. The first kappa shape index (κ1) is 9.48. The van der Waals surface area contributed by atoms with Crippen LogP contribution in [0.1, 0.15) is 10.4 Å². The molecule has 0 saturated heterocycles. The molecule has 1 aromatic heterocycles. The Morgan fingerprint density at radius 2 is 2.07 bits per heavy atom. The van der Waals surface area contributed by atoms with Crippen LogP contribution in [0.15, 0.2) is 22.7 Å². The number of hydrogen-bond donors (Lipinski definition) is 2. The predicted molar refractivity (Wildman–Crippen MR) is 58.1 cm³/mol. The summed E-state index contributed by atoms with van der Waals surface area (Å²) in [4.78, 5) is 10.9. The second-order valence-corrected chi connectivity index (χ2v) is 4.71. The monoisotopic (exact) mass is 272 g/mol. The highest BCUT2D eigenvalue weighted by Crippen LogP contribution is 2.35. The van der Waals surface area contributed by atoms with E-state index in [1.807, 2.05) is 0 Å². The Bertz CT molecular complexity index is 518. The average Bonchev–Trinajstić information content (AvgIpc) is 2.42. The number of halogens is 1. The molecular weight excluding hydrogens is 268 g/mol. The molecule has 1 aromatic carbocycles. The molecule has 0 radical (unpaired) electrons. The molecule has 5 heteroatoms. The largest absolute Gasteiger partial charge is 0.499 e. The molecule has 0 amide bonds. The van der Waals surface area contributed by atoms with E-state index < -0.39 is 5.97 Å². The van der Waals surface area contributed by atoms with Crippen LogP contribution in [0.3, 0.4) is 0 Å². The lowest BCUT2D eigenvalue weighted by Gasteiger charge is -1.97. The number of rotatable bonds is 1. The molecule has 1 heterocycles. The molecule has 2 rings (SSSR count). The SMILES string of the molecule is O=C(O)c1cc(Br)cc2cc(O)sc12. The minimum atomic E-state index is -0.988. The summed E-state index contributed by atoms with van der Waals surface area (Å²) in [7, 11) is 0. The molecule has 0 saturated carbocycles. The summed E-state index contributed by atoms with van der Waals surface area (Å²) in [5.41, 5.74) is 0.208. The van der Waals surface area contributed by atoms with Gasteiger partial charge in [0.25, 0.3) is 0 Å². The van der Waals surface area contributed by atoms with E-state index in [-0.39, 0.29) is 10.6 Å². The highest BCUT2D eigenvalue weighted by molar-refractivity contribution is 9.10. The maximum atomic E-state index is 10.9. The van der Waals surface area contributed by atoms with Crippen LogP contribution >= 0.6 is 27.3 Å². The van der Waals surface area contributed by atoms with Crippen LogP contribution in [0.2, 0.25) is 0 Å². The molecule has 0 unspecified atom stereocenters. The zero-order valence-corrected chi connectivity index (χ0v) is 9.22. The molecule has 0 bridgehead atoms. The second-order valence-electron chi connectivity index (χ2n) is 2.76. The Hall–Kier alpha value is -1.07. The summed E-state index contributed by atoms with van der Waals surface area (Å²) in [6.07, 6.45) is 0. The number of hydrogen-bond acceptors (Lipinski definition) is 3. The number of thiophene rings is 1. The second kappa shape index (κ2) is 3.25. The molecule has 14 heavy (non-hydrogen) atoms. The fraction of sp³-hybridized carbons (Fsp3) is 0. The van der Waals surface area contributed by atoms with Gasteiger partial charge >= 0.3 is 5.97 Å². The van der Waals surface area contributed by atoms with E-state index >= 15 is 0 Å². The van der Waals surface area contributed by atoms with Gasteiger partial charge in [-0.15, -0.1) is 0 Å². The summed E-state index contributed by atoms with van der Waals surface area (Å²) in [6, 6.07) is 4.86. The lowest BCUT2D eigenvalue weighted by atomic mass is 10.2. The van der Waals surface area contributed by atoms with Gasteiger partial charge in [-0.1, -0.05) is 27.3 Å². The maximum Gasteiger partial charge on any atom is 0.337 e. The van der Waals surface area contributed by atoms with Gasteiger partial charge in [0.05, 0.1) is 10.3 Å². The molecule has 0 aliphatic carbocycles. The standard InChI is InChI=1S/C9H5BrO3S/c10-5-1-4-2-7(11)14-8(4)6(3-5)9(12)13/h1-3,11H,(H,12,13). The molecule has 0 fully saturated rings. The molecule has 2 aromatic rings. The van der Waals surface area contributed by atoms with E-state index in [1.54, 1.807) is 12.1 Å². The predicted octanol–water partition coefficient (Wildman–Crippen LogP) is 3.07. The van der Waals surface area contributed by atoms with E-state index in [0.717, 1.165) is 16.7 Å². The Labute approximate surface area is 91.7 Å². The van der Waals surface area contributed by atoms with E-state index in [0.29, 0.717) is 9.17 Å². The smallest absolute Gasteiger partial charge is 0.337 e.